The summed E-state index contributed by atoms with van der Waals surface area (Å²) in [4.78, 5) is 11.1. The number of aryl methyl sites for hydroxylation is 2. The highest BCUT2D eigenvalue weighted by atomic mass is 32.1. The summed E-state index contributed by atoms with van der Waals surface area (Å²) in [7, 11) is 0. The fourth-order valence-electron chi connectivity index (χ4n) is 2.11. The minimum atomic E-state index is 0.781. The third kappa shape index (κ3) is 2.65. The molecule has 0 saturated carbocycles. The molecular weight excluding hydrogens is 266 g/mol. The average molecular weight is 283 g/mol. The number of aromatic nitrogens is 2. The van der Waals surface area contributed by atoms with Crippen LogP contribution in [0, 0.1) is 6.92 Å². The molecule has 3 nitrogen and oxygen atoms in total. The van der Waals surface area contributed by atoms with Crippen LogP contribution in [-0.2, 0) is 13.0 Å². The van der Waals surface area contributed by atoms with Gasteiger partial charge in [-0.2, -0.15) is 0 Å². The van der Waals surface area contributed by atoms with E-state index in [9.17, 15) is 0 Å². The average Bonchev–Trinajstić information content (AvgIpc) is 2.90. The molecule has 0 bridgehead atoms. The number of thiophene rings is 1. The zero-order valence-electron chi connectivity index (χ0n) is 11.7. The Labute approximate surface area is 122 Å². The van der Waals surface area contributed by atoms with Crippen molar-refractivity contribution in [2.45, 2.75) is 26.8 Å². The van der Waals surface area contributed by atoms with Crippen molar-refractivity contribution in [2.24, 2.45) is 0 Å². The minimum absolute atomic E-state index is 0.781. The van der Waals surface area contributed by atoms with E-state index in [2.05, 4.69) is 59.5 Å². The molecule has 4 heteroatoms. The fourth-order valence-corrected chi connectivity index (χ4v) is 3.05. The van der Waals surface area contributed by atoms with Crippen molar-refractivity contribution in [3.63, 3.8) is 0 Å². The quantitative estimate of drug-likeness (QED) is 0.780. The number of anilines is 1. The van der Waals surface area contributed by atoms with Crippen LogP contribution in [0.15, 0.2) is 36.7 Å². The molecule has 0 fully saturated rings. The molecule has 0 spiro atoms. The fraction of sp³-hybridized carbons (Fsp3) is 0.250. The van der Waals surface area contributed by atoms with Crippen molar-refractivity contribution in [1.82, 2.24) is 9.97 Å². The third-order valence-electron chi connectivity index (χ3n) is 3.31. The molecule has 0 aliphatic carbocycles. The first-order chi connectivity index (χ1) is 9.76. The number of nitrogens with one attached hydrogen (secondary N) is 1. The first kappa shape index (κ1) is 13.1. The van der Waals surface area contributed by atoms with Gasteiger partial charge in [0.05, 0.1) is 5.39 Å². The standard InChI is InChI=1S/C16H17N3S/c1-3-13-8-14-15(18-10-19-16(14)20-13)17-9-12-6-4-11(2)5-7-12/h4-8,10H,3,9H2,1-2H3,(H,17,18,19). The van der Waals surface area contributed by atoms with Crippen LogP contribution < -0.4 is 5.32 Å². The summed E-state index contributed by atoms with van der Waals surface area (Å²) in [6.45, 7) is 5.05. The van der Waals surface area contributed by atoms with E-state index in [0.717, 1.165) is 29.0 Å². The van der Waals surface area contributed by atoms with Gasteiger partial charge in [-0.3, -0.25) is 0 Å². The SMILES string of the molecule is CCc1cc2c(NCc3ccc(C)cc3)ncnc2s1. The lowest BCUT2D eigenvalue weighted by molar-refractivity contribution is 1.10. The second-order valence-corrected chi connectivity index (χ2v) is 5.96. The monoisotopic (exact) mass is 283 g/mol. The van der Waals surface area contributed by atoms with Crippen molar-refractivity contribution in [3.05, 3.63) is 52.7 Å². The number of hydrogen-bond acceptors (Lipinski definition) is 4. The summed E-state index contributed by atoms with van der Waals surface area (Å²) in [5, 5.41) is 4.54. The van der Waals surface area contributed by atoms with Crippen LogP contribution in [0.3, 0.4) is 0 Å². The molecule has 0 radical (unpaired) electrons. The van der Waals surface area contributed by atoms with Crippen molar-refractivity contribution < 1.29 is 0 Å². The molecule has 1 N–H and O–H groups in total. The predicted molar refractivity (Wildman–Crippen MR) is 85.3 cm³/mol. The van der Waals surface area contributed by atoms with Crippen LogP contribution in [0.1, 0.15) is 22.9 Å². The number of nitrogens with zero attached hydrogens (tertiary/aromatic N) is 2. The Hall–Kier alpha value is -1.94. The van der Waals surface area contributed by atoms with Gasteiger partial charge in [-0.1, -0.05) is 36.8 Å². The van der Waals surface area contributed by atoms with Gasteiger partial charge < -0.3 is 5.32 Å². The summed E-state index contributed by atoms with van der Waals surface area (Å²) in [5.41, 5.74) is 2.54. The maximum absolute atomic E-state index is 4.37. The molecule has 0 atom stereocenters. The Morgan fingerprint density at radius 1 is 1.15 bits per heavy atom. The van der Waals surface area contributed by atoms with Crippen LogP contribution in [0.25, 0.3) is 10.2 Å². The zero-order valence-corrected chi connectivity index (χ0v) is 12.5. The Bertz CT molecular complexity index is 716. The van der Waals surface area contributed by atoms with Gasteiger partial charge in [0.2, 0.25) is 0 Å². The summed E-state index contributed by atoms with van der Waals surface area (Å²) in [6, 6.07) is 10.7. The smallest absolute Gasteiger partial charge is 0.138 e. The molecule has 2 heterocycles. The topological polar surface area (TPSA) is 37.8 Å². The zero-order chi connectivity index (χ0) is 13.9. The van der Waals surface area contributed by atoms with Gasteiger partial charge in [0.25, 0.3) is 0 Å². The maximum Gasteiger partial charge on any atom is 0.138 e. The highest BCUT2D eigenvalue weighted by Gasteiger charge is 2.07. The first-order valence-electron chi connectivity index (χ1n) is 6.79. The summed E-state index contributed by atoms with van der Waals surface area (Å²) < 4.78 is 0. The van der Waals surface area contributed by atoms with E-state index in [1.54, 1.807) is 17.7 Å². The molecule has 0 aliphatic rings. The molecule has 3 aromatic rings. The number of fused-ring (bicyclic) bond motifs is 1. The predicted octanol–water partition coefficient (Wildman–Crippen LogP) is 4.17. The van der Waals surface area contributed by atoms with Crippen LogP contribution in [0.5, 0.6) is 0 Å². The van der Waals surface area contributed by atoms with Gasteiger partial charge in [0, 0.05) is 11.4 Å². The molecule has 3 rings (SSSR count). The van der Waals surface area contributed by atoms with E-state index in [-0.39, 0.29) is 0 Å². The summed E-state index contributed by atoms with van der Waals surface area (Å²) in [6.07, 6.45) is 2.67. The van der Waals surface area contributed by atoms with E-state index >= 15 is 0 Å². The van der Waals surface area contributed by atoms with Gasteiger partial charge in [-0.05, 0) is 25.0 Å². The lowest BCUT2D eigenvalue weighted by Gasteiger charge is -2.06. The highest BCUT2D eigenvalue weighted by Crippen LogP contribution is 2.28. The van der Waals surface area contributed by atoms with Crippen LogP contribution in [0.4, 0.5) is 5.82 Å². The molecule has 0 amide bonds. The van der Waals surface area contributed by atoms with E-state index in [1.807, 2.05) is 0 Å². The Balaban J connectivity index is 1.83. The second-order valence-electron chi connectivity index (χ2n) is 4.85. The van der Waals surface area contributed by atoms with Gasteiger partial charge in [0.15, 0.2) is 0 Å². The number of hydrogen-bond donors (Lipinski definition) is 1. The third-order valence-corrected chi connectivity index (χ3v) is 4.50. The molecule has 20 heavy (non-hydrogen) atoms. The Morgan fingerprint density at radius 2 is 1.95 bits per heavy atom. The van der Waals surface area contributed by atoms with Crippen LogP contribution in [0.2, 0.25) is 0 Å². The molecule has 2 aromatic heterocycles. The molecule has 0 unspecified atom stereocenters. The van der Waals surface area contributed by atoms with Gasteiger partial charge in [-0.25, -0.2) is 9.97 Å². The number of benzene rings is 1. The van der Waals surface area contributed by atoms with Crippen molar-refractivity contribution in [1.29, 1.82) is 0 Å². The minimum Gasteiger partial charge on any atom is -0.365 e. The molecule has 102 valence electrons. The van der Waals surface area contributed by atoms with Gasteiger partial charge in [0.1, 0.15) is 17.0 Å². The second kappa shape index (κ2) is 5.59. The van der Waals surface area contributed by atoms with Gasteiger partial charge >= 0.3 is 0 Å². The Morgan fingerprint density at radius 3 is 2.70 bits per heavy atom. The van der Waals surface area contributed by atoms with E-state index in [4.69, 9.17) is 0 Å². The van der Waals surface area contributed by atoms with E-state index in [1.165, 1.54) is 16.0 Å². The molecule has 0 aliphatic heterocycles. The first-order valence-corrected chi connectivity index (χ1v) is 7.60. The Kier molecular flexibility index (Phi) is 3.65. The van der Waals surface area contributed by atoms with Crippen molar-refractivity contribution >= 4 is 27.4 Å². The highest BCUT2D eigenvalue weighted by molar-refractivity contribution is 7.18. The normalized spacial score (nSPS) is 10.9. The van der Waals surface area contributed by atoms with Crippen LogP contribution in [-0.4, -0.2) is 9.97 Å². The summed E-state index contributed by atoms with van der Waals surface area (Å²) >= 11 is 1.74. The summed E-state index contributed by atoms with van der Waals surface area (Å²) in [5.74, 6) is 0.923. The maximum atomic E-state index is 4.37. The van der Waals surface area contributed by atoms with Gasteiger partial charge in [-0.15, -0.1) is 11.3 Å². The lowest BCUT2D eigenvalue weighted by Crippen LogP contribution is -2.01. The van der Waals surface area contributed by atoms with E-state index < -0.39 is 0 Å². The van der Waals surface area contributed by atoms with Crippen molar-refractivity contribution in [3.8, 4) is 0 Å². The lowest BCUT2D eigenvalue weighted by atomic mass is 10.1. The van der Waals surface area contributed by atoms with E-state index in [0.29, 0.717) is 0 Å². The number of rotatable bonds is 4. The molecule has 1 aromatic carbocycles. The van der Waals surface area contributed by atoms with Crippen molar-refractivity contribution in [2.75, 3.05) is 5.32 Å². The molecular formula is C16H17N3S. The largest absolute Gasteiger partial charge is 0.365 e. The molecule has 0 saturated heterocycles. The van der Waals surface area contributed by atoms with Crippen LogP contribution >= 0.6 is 11.3 Å².